The number of phenolic OH excluding ortho intramolecular Hbond substituents is 1. The van der Waals surface area contributed by atoms with Gasteiger partial charge in [-0.2, -0.15) is 0 Å². The molecule has 3 fully saturated rings. The van der Waals surface area contributed by atoms with Crippen LogP contribution in [0.4, 0.5) is 0 Å². The molecule has 2 aromatic rings. The summed E-state index contributed by atoms with van der Waals surface area (Å²) in [5.41, 5.74) is 0.997. The van der Waals surface area contributed by atoms with Gasteiger partial charge >= 0.3 is 5.97 Å². The van der Waals surface area contributed by atoms with E-state index in [0.29, 0.717) is 16.3 Å². The number of nitrogens with one attached hydrogen (secondary N) is 1. The van der Waals surface area contributed by atoms with Gasteiger partial charge in [0.1, 0.15) is 0 Å². The number of likely N-dealkylation sites (tertiary alicyclic amines) is 1. The van der Waals surface area contributed by atoms with Gasteiger partial charge in [0.05, 0.1) is 29.9 Å². The summed E-state index contributed by atoms with van der Waals surface area (Å²) < 4.78 is 6.35. The molecule has 3 N–H and O–H groups in total. The number of carbonyl (C=O) groups is 3. The van der Waals surface area contributed by atoms with Crippen molar-refractivity contribution in [2.75, 3.05) is 13.2 Å². The number of rotatable bonds is 6. The van der Waals surface area contributed by atoms with Gasteiger partial charge in [-0.05, 0) is 61.0 Å². The Morgan fingerprint density at radius 1 is 1.26 bits per heavy atom. The largest absolute Gasteiger partial charge is 0.504 e. The summed E-state index contributed by atoms with van der Waals surface area (Å²) in [5, 5.41) is 20.5. The molecule has 0 spiro atoms. The molecule has 7 atom stereocenters. The minimum Gasteiger partial charge on any atom is -0.504 e. The van der Waals surface area contributed by atoms with Gasteiger partial charge in [0.15, 0.2) is 15.5 Å². The number of phenols is 1. The predicted octanol–water partition coefficient (Wildman–Crippen LogP) is 3.86. The fourth-order valence-corrected chi connectivity index (χ4v) is 10.2. The van der Waals surface area contributed by atoms with Crippen molar-refractivity contribution < 1.29 is 29.3 Å². The van der Waals surface area contributed by atoms with Crippen LogP contribution in [0.5, 0.6) is 11.5 Å². The summed E-state index contributed by atoms with van der Waals surface area (Å²) in [4.78, 5) is 43.4. The molecule has 2 bridgehead atoms. The molecule has 35 heavy (non-hydrogen) atoms. The first-order chi connectivity index (χ1) is 16.8. The lowest BCUT2D eigenvalue weighted by atomic mass is 9.68. The number of fused-ring (bicyclic) bond motifs is 9. The lowest BCUT2D eigenvalue weighted by molar-refractivity contribution is -0.142. The number of thiazole rings is 1. The zero-order chi connectivity index (χ0) is 24.6. The van der Waals surface area contributed by atoms with Crippen molar-refractivity contribution in [3.05, 3.63) is 32.6 Å². The van der Waals surface area contributed by atoms with Gasteiger partial charge in [0, 0.05) is 22.6 Å². The van der Waals surface area contributed by atoms with Crippen LogP contribution in [0.15, 0.2) is 23.2 Å². The summed E-state index contributed by atoms with van der Waals surface area (Å²) in [5.74, 6) is -1.57. The summed E-state index contributed by atoms with van der Waals surface area (Å²) in [6.45, 7) is 2.22. The smallest absolute Gasteiger partial charge is 0.305 e. The predicted molar refractivity (Wildman–Crippen MR) is 131 cm³/mol. The van der Waals surface area contributed by atoms with Crippen molar-refractivity contribution in [1.29, 1.82) is 0 Å². The van der Waals surface area contributed by atoms with Crippen LogP contribution >= 0.6 is 35.3 Å². The number of carbonyl (C=O) groups excluding carboxylic acids is 2. The Kier molecular flexibility index (Phi) is 5.50. The molecule has 3 heterocycles. The maximum atomic E-state index is 13.4. The highest BCUT2D eigenvalue weighted by Gasteiger charge is 2.69. The van der Waals surface area contributed by atoms with E-state index >= 15 is 0 Å². The maximum absolute atomic E-state index is 13.4. The molecular formula is C24H24N2O6S3. The van der Waals surface area contributed by atoms with E-state index in [2.05, 4.69) is 4.98 Å². The number of benzene rings is 1. The number of H-pyrrole nitrogens is 1. The Balaban J connectivity index is 1.42. The molecule has 1 aromatic heterocycles. The normalized spacial score (nSPS) is 32.5. The average Bonchev–Trinajstić information content (AvgIpc) is 3.53. The number of aliphatic carboxylic acids is 1. The first-order valence-electron chi connectivity index (χ1n) is 11.7. The summed E-state index contributed by atoms with van der Waals surface area (Å²) in [7, 11) is 0. The lowest BCUT2D eigenvalue weighted by Gasteiger charge is -2.43. The van der Waals surface area contributed by atoms with Gasteiger partial charge in [0.25, 0.3) is 0 Å². The molecule has 0 radical (unpaired) electrons. The number of aromatic hydroxyl groups is 1. The first kappa shape index (κ1) is 23.1. The van der Waals surface area contributed by atoms with Gasteiger partial charge in [0.2, 0.25) is 11.8 Å². The molecule has 2 aliphatic heterocycles. The number of carboxylic acid groups (broad SMARTS) is 1. The van der Waals surface area contributed by atoms with Crippen LogP contribution in [-0.4, -0.2) is 56.3 Å². The maximum Gasteiger partial charge on any atom is 0.305 e. The molecule has 4 aliphatic rings. The number of imide groups is 1. The number of hydrogen-bond donors (Lipinski definition) is 3. The van der Waals surface area contributed by atoms with E-state index in [-0.39, 0.29) is 65.4 Å². The standard InChI is InChI=1S/C24H24N2O6S3/c1-2-32-13-7-9(3-4-12(13)27)15-16-10-8-11(19(16)34-21-20(15)35-24(33)25-21)18-17(10)22(30)26(23(18)31)6-5-14(28)29/h3-4,7,10-11,15-19,27H,2,5-6,8H2,1H3,(H,25,33)(H,28,29). The molecular weight excluding hydrogens is 508 g/mol. The summed E-state index contributed by atoms with van der Waals surface area (Å²) in [6, 6.07) is 5.44. The molecule has 6 rings (SSSR count). The van der Waals surface area contributed by atoms with E-state index in [1.807, 2.05) is 19.1 Å². The van der Waals surface area contributed by atoms with E-state index in [1.54, 1.807) is 17.8 Å². The number of amides is 2. The second-order valence-corrected chi connectivity index (χ2v) is 12.5. The molecule has 1 saturated heterocycles. The number of carboxylic acids is 1. The van der Waals surface area contributed by atoms with Crippen LogP contribution in [0, 0.1) is 33.5 Å². The van der Waals surface area contributed by atoms with E-state index < -0.39 is 11.9 Å². The Morgan fingerprint density at radius 3 is 2.71 bits per heavy atom. The van der Waals surface area contributed by atoms with Crippen LogP contribution in [0.25, 0.3) is 0 Å². The van der Waals surface area contributed by atoms with E-state index in [9.17, 15) is 19.5 Å². The molecule has 2 aliphatic carbocycles. The molecule has 2 saturated carbocycles. The zero-order valence-electron chi connectivity index (χ0n) is 18.8. The Hall–Kier alpha value is -2.37. The van der Waals surface area contributed by atoms with Gasteiger partial charge in [-0.3, -0.25) is 19.3 Å². The Bertz CT molecular complexity index is 1300. The van der Waals surface area contributed by atoms with Gasteiger partial charge in [-0.1, -0.05) is 6.07 Å². The molecule has 1 aromatic carbocycles. The number of nitrogens with zero attached hydrogens (tertiary/aromatic N) is 1. The number of aromatic nitrogens is 1. The van der Waals surface area contributed by atoms with Crippen molar-refractivity contribution in [3.63, 3.8) is 0 Å². The van der Waals surface area contributed by atoms with E-state index in [1.165, 1.54) is 16.2 Å². The lowest BCUT2D eigenvalue weighted by Crippen LogP contribution is -2.42. The summed E-state index contributed by atoms with van der Waals surface area (Å²) in [6.07, 6.45) is 0.572. The third-order valence-electron chi connectivity index (χ3n) is 8.01. The number of hydrogen-bond acceptors (Lipinski definition) is 8. The Morgan fingerprint density at radius 2 is 2.00 bits per heavy atom. The van der Waals surface area contributed by atoms with Gasteiger partial charge < -0.3 is 19.9 Å². The van der Waals surface area contributed by atoms with Crippen LogP contribution in [0.3, 0.4) is 0 Å². The molecule has 7 unspecified atom stereocenters. The third-order valence-corrected chi connectivity index (χ3v) is 10.9. The minimum atomic E-state index is -1.02. The zero-order valence-corrected chi connectivity index (χ0v) is 21.3. The van der Waals surface area contributed by atoms with Crippen LogP contribution in [-0.2, 0) is 14.4 Å². The van der Waals surface area contributed by atoms with Crippen LogP contribution < -0.4 is 4.74 Å². The van der Waals surface area contributed by atoms with E-state index in [4.69, 9.17) is 22.1 Å². The quantitative estimate of drug-likeness (QED) is 0.379. The fraction of sp³-hybridized carbons (Fsp3) is 0.500. The van der Waals surface area contributed by atoms with Crippen LogP contribution in [0.1, 0.15) is 36.1 Å². The summed E-state index contributed by atoms with van der Waals surface area (Å²) >= 11 is 8.75. The molecule has 11 heteroatoms. The highest BCUT2D eigenvalue weighted by molar-refractivity contribution is 8.00. The van der Waals surface area contributed by atoms with Crippen molar-refractivity contribution >= 4 is 53.1 Å². The van der Waals surface area contributed by atoms with Crippen molar-refractivity contribution in [2.45, 2.75) is 36.0 Å². The third kappa shape index (κ3) is 3.38. The monoisotopic (exact) mass is 532 g/mol. The second-order valence-electron chi connectivity index (χ2n) is 9.59. The van der Waals surface area contributed by atoms with Crippen LogP contribution in [0.2, 0.25) is 0 Å². The van der Waals surface area contributed by atoms with Gasteiger partial charge in [-0.15, -0.1) is 23.1 Å². The Labute approximate surface area is 214 Å². The van der Waals surface area contributed by atoms with Crippen molar-refractivity contribution in [2.24, 2.45) is 29.6 Å². The highest BCUT2D eigenvalue weighted by atomic mass is 32.2. The molecule has 2 amide bonds. The van der Waals surface area contributed by atoms with Crippen molar-refractivity contribution in [3.8, 4) is 11.5 Å². The van der Waals surface area contributed by atoms with Crippen molar-refractivity contribution in [1.82, 2.24) is 9.88 Å². The van der Waals surface area contributed by atoms with E-state index in [0.717, 1.165) is 21.9 Å². The fourth-order valence-electron chi connectivity index (χ4n) is 6.87. The SMILES string of the molecule is CCOc1cc(C2c3sc(=S)[nH]c3SC3C4CC(C5C(=O)N(CCC(=O)O)C(=O)C45)C23)ccc1O. The molecule has 8 nitrogen and oxygen atoms in total. The second kappa shape index (κ2) is 8.35. The number of aromatic amines is 1. The number of ether oxygens (including phenoxy) is 1. The minimum absolute atomic E-state index is 0.0203. The first-order valence-corrected chi connectivity index (χ1v) is 13.8. The highest BCUT2D eigenvalue weighted by Crippen LogP contribution is 2.68. The molecule has 184 valence electrons. The average molecular weight is 533 g/mol. The van der Waals surface area contributed by atoms with Gasteiger partial charge in [-0.25, -0.2) is 0 Å². The number of thioether (sulfide) groups is 1. The topological polar surface area (TPSA) is 120 Å².